The highest BCUT2D eigenvalue weighted by Gasteiger charge is 2.46. The Morgan fingerprint density at radius 3 is 2.03 bits per heavy atom. The predicted octanol–water partition coefficient (Wildman–Crippen LogP) is 6.35. The molecule has 2 aliphatic rings. The first-order chi connectivity index (χ1) is 18.2. The third-order valence-corrected chi connectivity index (χ3v) is 9.76. The van der Waals surface area contributed by atoms with Gasteiger partial charge in [-0.25, -0.2) is 9.59 Å². The molecule has 0 spiro atoms. The van der Waals surface area contributed by atoms with Gasteiger partial charge in [0.1, 0.15) is 9.81 Å². The molecule has 2 aliphatic heterocycles. The molecular formula is C29H23NO5S3. The number of anilines is 1. The summed E-state index contributed by atoms with van der Waals surface area (Å²) < 4.78 is 10.5. The number of fused-ring (bicyclic) bond motifs is 2. The van der Waals surface area contributed by atoms with Gasteiger partial charge < -0.3 is 9.47 Å². The maximum absolute atomic E-state index is 14.1. The van der Waals surface area contributed by atoms with Gasteiger partial charge in [-0.3, -0.25) is 9.69 Å². The number of ether oxygens (including phenoxy) is 2. The number of carbonyl (C=O) groups excluding carboxylic acids is 3. The summed E-state index contributed by atoms with van der Waals surface area (Å²) in [4.78, 5) is 41.6. The van der Waals surface area contributed by atoms with Crippen molar-refractivity contribution in [2.75, 3.05) is 19.1 Å². The van der Waals surface area contributed by atoms with Gasteiger partial charge in [0, 0.05) is 16.7 Å². The molecule has 9 heteroatoms. The average molecular weight is 562 g/mol. The lowest BCUT2D eigenvalue weighted by Gasteiger charge is -2.45. The lowest BCUT2D eigenvalue weighted by molar-refractivity contribution is -0.138. The van der Waals surface area contributed by atoms with Crippen LogP contribution in [0.4, 0.5) is 5.69 Å². The van der Waals surface area contributed by atoms with Crippen LogP contribution in [0.2, 0.25) is 0 Å². The van der Waals surface area contributed by atoms with E-state index in [1.54, 1.807) is 4.90 Å². The third-order valence-electron chi connectivity index (χ3n) is 6.50. The average Bonchev–Trinajstić information content (AvgIpc) is 3.37. The Labute approximate surface area is 234 Å². The maximum atomic E-state index is 14.1. The Morgan fingerprint density at radius 1 is 0.816 bits per heavy atom. The van der Waals surface area contributed by atoms with E-state index in [0.29, 0.717) is 25.9 Å². The zero-order chi connectivity index (χ0) is 27.2. The molecular weight excluding hydrogens is 539 g/mol. The number of rotatable bonds is 3. The van der Waals surface area contributed by atoms with Gasteiger partial charge in [-0.2, -0.15) is 0 Å². The minimum atomic E-state index is -0.894. The molecule has 0 aliphatic carbocycles. The molecule has 3 aromatic rings. The van der Waals surface area contributed by atoms with Crippen molar-refractivity contribution in [3.05, 3.63) is 91.9 Å². The first-order valence-electron chi connectivity index (χ1n) is 11.7. The molecule has 1 amide bonds. The lowest BCUT2D eigenvalue weighted by Crippen LogP contribution is -2.55. The Bertz CT molecular complexity index is 1570. The number of benzene rings is 3. The van der Waals surface area contributed by atoms with Crippen molar-refractivity contribution in [3.8, 4) is 0 Å². The number of carbonyl (C=O) groups is 3. The van der Waals surface area contributed by atoms with Crippen molar-refractivity contribution in [1.82, 2.24) is 0 Å². The van der Waals surface area contributed by atoms with Crippen LogP contribution < -0.4 is 4.90 Å². The molecule has 0 N–H and O–H groups in total. The zero-order valence-electron chi connectivity index (χ0n) is 21.1. The van der Waals surface area contributed by atoms with Gasteiger partial charge in [-0.15, -0.1) is 0 Å². The van der Waals surface area contributed by atoms with E-state index in [9.17, 15) is 14.4 Å². The van der Waals surface area contributed by atoms with Gasteiger partial charge in [0.05, 0.1) is 34.5 Å². The Kier molecular flexibility index (Phi) is 6.94. The summed E-state index contributed by atoms with van der Waals surface area (Å²) in [6, 6.07) is 21.1. The van der Waals surface area contributed by atoms with Gasteiger partial charge in [0.25, 0.3) is 5.91 Å². The van der Waals surface area contributed by atoms with Crippen molar-refractivity contribution in [3.63, 3.8) is 0 Å². The third kappa shape index (κ3) is 4.24. The van der Waals surface area contributed by atoms with Crippen LogP contribution in [0.15, 0.2) is 80.8 Å². The molecule has 3 aromatic carbocycles. The molecule has 6 nitrogen and oxygen atoms in total. The molecule has 0 atom stereocenters. The molecule has 5 rings (SSSR count). The molecule has 0 radical (unpaired) electrons. The molecule has 0 saturated carbocycles. The van der Waals surface area contributed by atoms with Gasteiger partial charge in [0.2, 0.25) is 0 Å². The summed E-state index contributed by atoms with van der Waals surface area (Å²) in [5.74, 6) is -1.42. The minimum absolute atomic E-state index is 0.152. The van der Waals surface area contributed by atoms with E-state index in [2.05, 4.69) is 0 Å². The van der Waals surface area contributed by atoms with Crippen LogP contribution in [-0.2, 0) is 19.1 Å². The van der Waals surface area contributed by atoms with E-state index in [1.165, 1.54) is 14.2 Å². The molecule has 0 bridgehead atoms. The molecule has 0 saturated heterocycles. The summed E-state index contributed by atoms with van der Waals surface area (Å²) in [7, 11) is 2.53. The normalized spacial score (nSPS) is 16.5. The van der Waals surface area contributed by atoms with E-state index in [0.717, 1.165) is 39.9 Å². The quantitative estimate of drug-likeness (QED) is 0.208. The smallest absolute Gasteiger partial charge is 0.346 e. The van der Waals surface area contributed by atoms with Crippen LogP contribution in [0.3, 0.4) is 0 Å². The summed E-state index contributed by atoms with van der Waals surface area (Å²) in [5.41, 5.74) is 1.81. The molecule has 192 valence electrons. The van der Waals surface area contributed by atoms with E-state index in [4.69, 9.17) is 21.7 Å². The molecule has 0 aromatic heterocycles. The number of thioether (sulfide) groups is 2. The molecule has 0 unspecified atom stereocenters. The molecule has 2 heterocycles. The maximum Gasteiger partial charge on any atom is 0.346 e. The zero-order valence-corrected chi connectivity index (χ0v) is 23.5. The number of hydrogen-bond donors (Lipinski definition) is 0. The Morgan fingerprint density at radius 2 is 1.39 bits per heavy atom. The summed E-state index contributed by atoms with van der Waals surface area (Å²) in [6.07, 6.45) is 0. The van der Waals surface area contributed by atoms with Gasteiger partial charge in [-0.05, 0) is 42.8 Å². The fourth-order valence-corrected chi connectivity index (χ4v) is 7.62. The number of nitrogens with zero attached hydrogens (tertiary/aromatic N) is 1. The second-order valence-electron chi connectivity index (χ2n) is 9.12. The summed E-state index contributed by atoms with van der Waals surface area (Å²) in [5, 5.41) is 2.03. The standard InChI is InChI=1S/C29H23NO5S3/c1-29(2)24(36)21(28-37-22(26(32)34-3)23(38-28)27(33)35-4)19-11-7-8-12-20(19)30(29)25(31)18-14-13-16-9-5-6-10-17(16)15-18/h5-15H,1-4H3. The van der Waals surface area contributed by atoms with E-state index < -0.39 is 17.5 Å². The highest BCUT2D eigenvalue weighted by molar-refractivity contribution is 8.29. The van der Waals surface area contributed by atoms with Gasteiger partial charge >= 0.3 is 11.9 Å². The first-order valence-corrected chi connectivity index (χ1v) is 13.7. The highest BCUT2D eigenvalue weighted by atomic mass is 32.2. The van der Waals surface area contributed by atoms with Crippen LogP contribution in [0, 0.1) is 0 Å². The first kappa shape index (κ1) is 26.2. The molecule has 0 fully saturated rings. The monoisotopic (exact) mass is 561 g/mol. The van der Waals surface area contributed by atoms with Crippen molar-refractivity contribution in [2.45, 2.75) is 19.4 Å². The van der Waals surface area contributed by atoms with Crippen LogP contribution in [0.5, 0.6) is 0 Å². The van der Waals surface area contributed by atoms with Crippen molar-refractivity contribution >= 4 is 80.5 Å². The second kappa shape index (κ2) is 10.1. The minimum Gasteiger partial charge on any atom is -0.465 e. The van der Waals surface area contributed by atoms with Gasteiger partial charge in [-0.1, -0.05) is 84.3 Å². The summed E-state index contributed by atoms with van der Waals surface area (Å²) >= 11 is 8.30. The van der Waals surface area contributed by atoms with E-state index in [-0.39, 0.29) is 15.7 Å². The molecule has 38 heavy (non-hydrogen) atoms. The number of para-hydroxylation sites is 1. The lowest BCUT2D eigenvalue weighted by atomic mass is 9.83. The number of amides is 1. The number of methoxy groups -OCH3 is 2. The van der Waals surface area contributed by atoms with Crippen molar-refractivity contribution < 1.29 is 23.9 Å². The highest BCUT2D eigenvalue weighted by Crippen LogP contribution is 2.56. The number of esters is 2. The van der Waals surface area contributed by atoms with E-state index >= 15 is 0 Å². The number of hydrogen-bond acceptors (Lipinski definition) is 8. The largest absolute Gasteiger partial charge is 0.465 e. The Balaban J connectivity index is 1.64. The van der Waals surface area contributed by atoms with Crippen LogP contribution in [-0.4, -0.2) is 42.5 Å². The summed E-state index contributed by atoms with van der Waals surface area (Å²) in [6.45, 7) is 3.82. The SMILES string of the molecule is COC(=O)C1=C(C(=O)OC)SC(=C2C(=S)C(C)(C)N(C(=O)c3ccc4ccccc4c3)c3ccccc32)S1. The number of thiocarbonyl (C=S) groups is 1. The Hall–Kier alpha value is -3.40. The van der Waals surface area contributed by atoms with Crippen molar-refractivity contribution in [2.24, 2.45) is 0 Å². The fraction of sp³-hybridized carbons (Fsp3) is 0.172. The topological polar surface area (TPSA) is 72.9 Å². The predicted molar refractivity (Wildman–Crippen MR) is 157 cm³/mol. The van der Waals surface area contributed by atoms with E-state index in [1.807, 2.05) is 80.6 Å². The second-order valence-corrected chi connectivity index (χ2v) is 11.8. The van der Waals surface area contributed by atoms with Crippen LogP contribution in [0.1, 0.15) is 29.8 Å². The van der Waals surface area contributed by atoms with Crippen molar-refractivity contribution in [1.29, 1.82) is 0 Å². The van der Waals surface area contributed by atoms with Crippen LogP contribution >= 0.6 is 35.7 Å². The fourth-order valence-electron chi connectivity index (χ4n) is 4.58. The van der Waals surface area contributed by atoms with Crippen LogP contribution in [0.25, 0.3) is 16.3 Å². The van der Waals surface area contributed by atoms with Gasteiger partial charge in [0.15, 0.2) is 0 Å².